The van der Waals surface area contributed by atoms with Crippen LogP contribution in [0.5, 0.6) is 5.75 Å². The number of nitrogens with zero attached hydrogens (tertiary/aromatic N) is 2. The van der Waals surface area contributed by atoms with Gasteiger partial charge < -0.3 is 9.64 Å². The number of benzene rings is 2. The predicted octanol–water partition coefficient (Wildman–Crippen LogP) is 1.63. The van der Waals surface area contributed by atoms with Crippen molar-refractivity contribution in [2.75, 3.05) is 44.2 Å². The molecule has 0 amide bonds. The Kier molecular flexibility index (Phi) is 5.08. The van der Waals surface area contributed by atoms with Crippen molar-refractivity contribution in [3.63, 3.8) is 0 Å². The van der Waals surface area contributed by atoms with Crippen LogP contribution in [-0.4, -0.2) is 52.6 Å². The van der Waals surface area contributed by atoms with Crippen LogP contribution in [0, 0.1) is 0 Å². The molecule has 27 heavy (non-hydrogen) atoms. The van der Waals surface area contributed by atoms with Gasteiger partial charge in [-0.25, -0.2) is 13.6 Å². The minimum atomic E-state index is -3.63. The smallest absolute Gasteiger partial charge is 0.238 e. The maximum Gasteiger partial charge on any atom is 0.238 e. The highest BCUT2D eigenvalue weighted by Crippen LogP contribution is 2.26. The molecule has 0 radical (unpaired) electrons. The van der Waals surface area contributed by atoms with Crippen molar-refractivity contribution in [3.8, 4) is 5.75 Å². The lowest BCUT2D eigenvalue weighted by Gasteiger charge is -2.36. The average molecular weight is 388 g/mol. The largest absolute Gasteiger partial charge is 0.493 e. The van der Waals surface area contributed by atoms with E-state index in [0.29, 0.717) is 0 Å². The van der Waals surface area contributed by atoms with Crippen molar-refractivity contribution in [1.82, 2.24) is 4.90 Å². The van der Waals surface area contributed by atoms with Crippen molar-refractivity contribution in [1.29, 1.82) is 0 Å². The van der Waals surface area contributed by atoms with E-state index in [9.17, 15) is 8.42 Å². The predicted molar refractivity (Wildman–Crippen MR) is 106 cm³/mol. The zero-order valence-corrected chi connectivity index (χ0v) is 16.1. The summed E-state index contributed by atoms with van der Waals surface area (Å²) in [5, 5.41) is 5.16. The van der Waals surface area contributed by atoms with Crippen molar-refractivity contribution < 1.29 is 13.2 Å². The molecule has 0 saturated carbocycles. The highest BCUT2D eigenvalue weighted by atomic mass is 32.2. The van der Waals surface area contributed by atoms with Crippen LogP contribution in [0.3, 0.4) is 0 Å². The number of anilines is 1. The normalized spacial score (nSPS) is 17.6. The number of fused-ring (bicyclic) bond motifs is 1. The monoisotopic (exact) mass is 387 g/mol. The summed E-state index contributed by atoms with van der Waals surface area (Å²) in [5.41, 5.74) is 3.75. The van der Waals surface area contributed by atoms with E-state index >= 15 is 0 Å². The van der Waals surface area contributed by atoms with Crippen LogP contribution < -0.4 is 14.8 Å². The standard InChI is InChI=1S/C20H25N3O3S/c21-27(24,25)19-4-2-18(3-5-19)23-12-10-22(11-13-23)9-7-16-1-6-20-17(15-16)8-14-26-20/h1-6,15H,7-14H2,(H2,21,24,25). The van der Waals surface area contributed by atoms with Crippen molar-refractivity contribution in [2.45, 2.75) is 17.7 Å². The van der Waals surface area contributed by atoms with Crippen LogP contribution in [0.4, 0.5) is 5.69 Å². The first kappa shape index (κ1) is 18.3. The van der Waals surface area contributed by atoms with Gasteiger partial charge in [0.1, 0.15) is 5.75 Å². The molecule has 2 aliphatic heterocycles. The van der Waals surface area contributed by atoms with Crippen LogP contribution in [-0.2, 0) is 22.9 Å². The molecular weight excluding hydrogens is 362 g/mol. The molecule has 0 atom stereocenters. The lowest BCUT2D eigenvalue weighted by Crippen LogP contribution is -2.47. The third kappa shape index (κ3) is 4.26. The zero-order chi connectivity index (χ0) is 18.9. The Morgan fingerprint density at radius 3 is 2.44 bits per heavy atom. The molecule has 7 heteroatoms. The average Bonchev–Trinajstić information content (AvgIpc) is 3.14. The molecule has 0 unspecified atom stereocenters. The third-order valence-electron chi connectivity index (χ3n) is 5.37. The van der Waals surface area contributed by atoms with E-state index in [1.165, 1.54) is 11.1 Å². The number of primary sulfonamides is 1. The van der Waals surface area contributed by atoms with Crippen LogP contribution in [0.25, 0.3) is 0 Å². The quantitative estimate of drug-likeness (QED) is 0.844. The number of piperazine rings is 1. The summed E-state index contributed by atoms with van der Waals surface area (Å²) >= 11 is 0. The van der Waals surface area contributed by atoms with E-state index in [1.54, 1.807) is 12.1 Å². The van der Waals surface area contributed by atoms with Gasteiger partial charge in [-0.15, -0.1) is 0 Å². The van der Waals surface area contributed by atoms with Crippen molar-refractivity contribution in [3.05, 3.63) is 53.6 Å². The second-order valence-corrected chi connectivity index (χ2v) is 8.72. The van der Waals surface area contributed by atoms with Gasteiger partial charge in [-0.05, 0) is 47.9 Å². The van der Waals surface area contributed by atoms with Crippen LogP contribution >= 0.6 is 0 Å². The number of nitrogens with two attached hydrogens (primary N) is 1. The van der Waals surface area contributed by atoms with E-state index in [-0.39, 0.29) is 4.90 Å². The van der Waals surface area contributed by atoms with Gasteiger partial charge in [0.05, 0.1) is 11.5 Å². The Labute approximate surface area is 160 Å². The maximum atomic E-state index is 11.4. The summed E-state index contributed by atoms with van der Waals surface area (Å²) in [6.45, 7) is 5.74. The summed E-state index contributed by atoms with van der Waals surface area (Å²) < 4.78 is 28.3. The minimum Gasteiger partial charge on any atom is -0.493 e. The summed E-state index contributed by atoms with van der Waals surface area (Å²) in [6, 6.07) is 13.4. The van der Waals surface area contributed by atoms with Gasteiger partial charge in [0.15, 0.2) is 0 Å². The summed E-state index contributed by atoms with van der Waals surface area (Å²) in [5.74, 6) is 1.04. The Morgan fingerprint density at radius 1 is 1.00 bits per heavy atom. The summed E-state index contributed by atoms with van der Waals surface area (Å²) in [6.07, 6.45) is 2.07. The van der Waals surface area contributed by atoms with Crippen LogP contribution in [0.2, 0.25) is 0 Å². The van der Waals surface area contributed by atoms with E-state index in [1.807, 2.05) is 12.1 Å². The molecule has 0 spiro atoms. The minimum absolute atomic E-state index is 0.157. The van der Waals surface area contributed by atoms with Gasteiger partial charge >= 0.3 is 0 Å². The van der Waals surface area contributed by atoms with Crippen LogP contribution in [0.15, 0.2) is 47.4 Å². The highest BCUT2D eigenvalue weighted by Gasteiger charge is 2.18. The summed E-state index contributed by atoms with van der Waals surface area (Å²) in [4.78, 5) is 4.93. The fourth-order valence-corrected chi connectivity index (χ4v) is 4.27. The first-order chi connectivity index (χ1) is 13.0. The van der Waals surface area contributed by atoms with Crippen LogP contribution in [0.1, 0.15) is 11.1 Å². The third-order valence-corrected chi connectivity index (χ3v) is 6.30. The van der Waals surface area contributed by atoms with E-state index < -0.39 is 10.0 Å². The Bertz CT molecular complexity index is 905. The van der Waals surface area contributed by atoms with Gasteiger partial charge in [-0.1, -0.05) is 12.1 Å². The van der Waals surface area contributed by atoms with Crippen molar-refractivity contribution >= 4 is 15.7 Å². The first-order valence-electron chi connectivity index (χ1n) is 9.34. The first-order valence-corrected chi connectivity index (χ1v) is 10.9. The molecule has 2 heterocycles. The number of hydrogen-bond donors (Lipinski definition) is 1. The van der Waals surface area contributed by atoms with E-state index in [2.05, 4.69) is 28.0 Å². The molecule has 0 aromatic heterocycles. The second kappa shape index (κ2) is 7.50. The summed E-state index contributed by atoms with van der Waals surface area (Å²) in [7, 11) is -3.63. The topological polar surface area (TPSA) is 75.9 Å². The van der Waals surface area contributed by atoms with Gasteiger partial charge in [-0.3, -0.25) is 4.90 Å². The molecule has 144 valence electrons. The lowest BCUT2D eigenvalue weighted by molar-refractivity contribution is 0.261. The van der Waals surface area contributed by atoms with E-state index in [0.717, 1.165) is 63.6 Å². The molecular formula is C20H25N3O3S. The molecule has 0 bridgehead atoms. The fourth-order valence-electron chi connectivity index (χ4n) is 3.76. The number of rotatable bonds is 5. The molecule has 2 aliphatic rings. The highest BCUT2D eigenvalue weighted by molar-refractivity contribution is 7.89. The molecule has 4 rings (SSSR count). The van der Waals surface area contributed by atoms with Gasteiger partial charge in [-0.2, -0.15) is 0 Å². The van der Waals surface area contributed by atoms with E-state index in [4.69, 9.17) is 9.88 Å². The SMILES string of the molecule is NS(=O)(=O)c1ccc(N2CCN(CCc3ccc4c(c3)CCO4)CC2)cc1. The molecule has 0 aliphatic carbocycles. The molecule has 2 aromatic carbocycles. The number of sulfonamides is 1. The maximum absolute atomic E-state index is 11.4. The number of hydrogen-bond acceptors (Lipinski definition) is 5. The Morgan fingerprint density at radius 2 is 1.74 bits per heavy atom. The second-order valence-electron chi connectivity index (χ2n) is 7.16. The molecule has 6 nitrogen and oxygen atoms in total. The van der Waals surface area contributed by atoms with Gasteiger partial charge in [0.25, 0.3) is 0 Å². The molecule has 2 N–H and O–H groups in total. The van der Waals surface area contributed by atoms with Gasteiger partial charge in [0, 0.05) is 44.8 Å². The molecule has 1 fully saturated rings. The molecule has 1 saturated heterocycles. The lowest BCUT2D eigenvalue weighted by atomic mass is 10.1. The van der Waals surface area contributed by atoms with Crippen molar-refractivity contribution in [2.24, 2.45) is 5.14 Å². The Hall–Kier alpha value is -2.09. The zero-order valence-electron chi connectivity index (χ0n) is 15.3. The molecule has 2 aromatic rings. The number of ether oxygens (including phenoxy) is 1. The van der Waals surface area contributed by atoms with Gasteiger partial charge in [0.2, 0.25) is 10.0 Å². The fraction of sp³-hybridized carbons (Fsp3) is 0.400. The Balaban J connectivity index is 1.29.